The van der Waals surface area contributed by atoms with E-state index in [9.17, 15) is 0 Å². The summed E-state index contributed by atoms with van der Waals surface area (Å²) in [4.78, 5) is 1.43. The summed E-state index contributed by atoms with van der Waals surface area (Å²) in [5.74, 6) is 1.54. The molecule has 0 N–H and O–H groups in total. The van der Waals surface area contributed by atoms with Gasteiger partial charge in [-0.1, -0.05) is 75.3 Å². The Labute approximate surface area is 247 Å². The van der Waals surface area contributed by atoms with E-state index in [2.05, 4.69) is 67.1 Å². The molecule has 0 atom stereocenters. The molecule has 0 bridgehead atoms. The van der Waals surface area contributed by atoms with Crippen molar-refractivity contribution in [2.75, 3.05) is 0 Å². The first-order valence-corrected chi connectivity index (χ1v) is 10.9. The largest absolute Gasteiger partial charge is 0.256 e. The number of rotatable bonds is 0. The molecular weight excluding hydrogens is 528 g/mol. The van der Waals surface area contributed by atoms with Crippen molar-refractivity contribution in [1.82, 2.24) is 90.6 Å². The van der Waals surface area contributed by atoms with Gasteiger partial charge >= 0.3 is 0 Å². The first kappa shape index (κ1) is 52.8. The maximum Gasteiger partial charge on any atom is 0.171 e. The zero-order valence-electron chi connectivity index (χ0n) is 22.9. The van der Waals surface area contributed by atoms with Crippen LogP contribution < -0.4 is 0 Å². The molecule has 41 heavy (non-hydrogen) atoms. The fourth-order valence-electron chi connectivity index (χ4n) is 1.39. The number of aromatic nitrogens is 18. The summed E-state index contributed by atoms with van der Waals surface area (Å²) in [6, 6.07) is 0. The van der Waals surface area contributed by atoms with Crippen LogP contribution in [-0.2, 0) is 35.2 Å². The van der Waals surface area contributed by atoms with Crippen LogP contribution >= 0.6 is 0 Å². The number of nitrogens with zero attached hydrogens (tertiary/aromatic N) is 18. The molecule has 0 aliphatic carbocycles. The van der Waals surface area contributed by atoms with Gasteiger partial charge in [-0.2, -0.15) is 4.80 Å². The van der Waals surface area contributed by atoms with E-state index in [1.54, 1.807) is 66.9 Å². The maximum atomic E-state index is 3.81. The van der Waals surface area contributed by atoms with Gasteiger partial charge in [0.05, 0.1) is 19.4 Å². The van der Waals surface area contributed by atoms with Gasteiger partial charge in [-0.15, -0.1) is 30.6 Å². The molecule has 0 aromatic carbocycles. The molecule has 0 spiro atoms. The number of hydrogen-bond acceptors (Lipinski definition) is 13. The highest BCUT2D eigenvalue weighted by Gasteiger charge is 1.87. The van der Waals surface area contributed by atoms with E-state index < -0.39 is 0 Å². The second-order valence-electron chi connectivity index (χ2n) is 5.81. The molecule has 0 saturated carbocycles. The summed E-state index contributed by atoms with van der Waals surface area (Å²) in [7, 11) is 8.95. The molecule has 5 aromatic rings. The summed E-state index contributed by atoms with van der Waals surface area (Å²) >= 11 is 0. The molecule has 0 unspecified atom stereocenters. The Bertz CT molecular complexity index is 941. The van der Waals surface area contributed by atoms with Crippen LogP contribution in [0.4, 0.5) is 0 Å². The predicted molar refractivity (Wildman–Crippen MR) is 164 cm³/mol. The van der Waals surface area contributed by atoms with E-state index in [1.165, 1.54) is 15.8 Å². The number of aryl methyl sites for hydroxylation is 7. The molecule has 18 nitrogen and oxygen atoms in total. The molecule has 0 saturated heterocycles. The minimum absolute atomic E-state index is 0. The van der Waals surface area contributed by atoms with E-state index in [0.29, 0.717) is 5.82 Å². The molecule has 0 aliphatic heterocycles. The van der Waals surface area contributed by atoms with Gasteiger partial charge in [-0.25, -0.2) is 9.36 Å². The Morgan fingerprint density at radius 2 is 1.02 bits per heavy atom. The van der Waals surface area contributed by atoms with E-state index in [1.807, 2.05) is 48.7 Å². The molecule has 0 fully saturated rings. The van der Waals surface area contributed by atoms with E-state index in [0.717, 1.165) is 5.82 Å². The van der Waals surface area contributed by atoms with Crippen molar-refractivity contribution < 1.29 is 0 Å². The Morgan fingerprint density at radius 3 is 1.12 bits per heavy atom. The highest BCUT2D eigenvalue weighted by Crippen LogP contribution is 1.78. The van der Waals surface area contributed by atoms with Gasteiger partial charge in [0.2, 0.25) is 0 Å². The second-order valence-corrected chi connectivity index (χ2v) is 5.81. The van der Waals surface area contributed by atoms with Crippen molar-refractivity contribution in [3.8, 4) is 0 Å². The van der Waals surface area contributed by atoms with Crippen molar-refractivity contribution in [2.24, 2.45) is 35.2 Å². The van der Waals surface area contributed by atoms with Crippen molar-refractivity contribution >= 4 is 0 Å². The van der Waals surface area contributed by atoms with E-state index >= 15 is 0 Å². The molecule has 18 heteroatoms. The summed E-state index contributed by atoms with van der Waals surface area (Å²) in [6.07, 6.45) is 8.36. The maximum absolute atomic E-state index is 3.81. The number of hydrogen-bond donors (Lipinski definition) is 0. The molecule has 0 aliphatic rings. The molecular formula is C23H58N18. The van der Waals surface area contributed by atoms with Crippen LogP contribution in [-0.4, -0.2) is 90.6 Å². The Kier molecular flexibility index (Phi) is 45.7. The third kappa shape index (κ3) is 31.6. The van der Waals surface area contributed by atoms with Gasteiger partial charge in [0.25, 0.3) is 0 Å². The third-order valence-corrected chi connectivity index (χ3v) is 2.98. The molecule has 0 radical (unpaired) electrons. The van der Waals surface area contributed by atoms with E-state index in [-0.39, 0.29) is 37.1 Å². The number of tetrazole rings is 3. The smallest absolute Gasteiger partial charge is 0.171 e. The van der Waals surface area contributed by atoms with Crippen molar-refractivity contribution in [3.63, 3.8) is 0 Å². The van der Waals surface area contributed by atoms with Gasteiger partial charge in [0.1, 0.15) is 12.2 Å². The average Bonchev–Trinajstić information content (AvgIpc) is 3.72. The lowest BCUT2D eigenvalue weighted by atomic mass is 10.7. The van der Waals surface area contributed by atoms with Crippen molar-refractivity contribution in [2.45, 2.75) is 78.7 Å². The lowest BCUT2D eigenvalue weighted by molar-refractivity contribution is 0.629. The van der Waals surface area contributed by atoms with Gasteiger partial charge in [-0.05, 0) is 39.9 Å². The standard InChI is InChI=1S/2C3H6N4.2C3H5N3.C2H4N4.2C2H6.5CH4/c1-3-4-5-6-7(3)2;1-3-4-6-7(2)5-3;2*1-6-3-2-4-5-6;1-6-2-3-4-5-6;2*1-2;;;;;/h2*1-2H3;2*2-3H,1H3;2H,1H3;2*1-2H3;5*1H4. The van der Waals surface area contributed by atoms with Crippen LogP contribution in [0.2, 0.25) is 0 Å². The van der Waals surface area contributed by atoms with Crippen LogP contribution in [0.5, 0.6) is 0 Å². The Morgan fingerprint density at radius 1 is 0.537 bits per heavy atom. The minimum Gasteiger partial charge on any atom is -0.256 e. The summed E-state index contributed by atoms with van der Waals surface area (Å²) < 4.78 is 6.42. The lowest BCUT2D eigenvalue weighted by Crippen LogP contribution is -1.92. The zero-order valence-corrected chi connectivity index (χ0v) is 22.9. The molecule has 0 amide bonds. The van der Waals surface area contributed by atoms with Gasteiger partial charge in [0, 0.05) is 40.6 Å². The fraction of sp³-hybridized carbons (Fsp3) is 0.696. The average molecular weight is 587 g/mol. The first-order chi connectivity index (χ1) is 17.3. The van der Waals surface area contributed by atoms with Gasteiger partial charge < -0.3 is 0 Å². The third-order valence-electron chi connectivity index (χ3n) is 2.98. The normalized spacial score (nSPS) is 7.39. The molecule has 5 aromatic heterocycles. The molecule has 5 heterocycles. The molecule has 240 valence electrons. The topological polar surface area (TPSA) is 192 Å². The quantitative estimate of drug-likeness (QED) is 0.257. The van der Waals surface area contributed by atoms with Crippen LogP contribution in [0.15, 0.2) is 31.1 Å². The van der Waals surface area contributed by atoms with Crippen LogP contribution in [0.1, 0.15) is 76.5 Å². The van der Waals surface area contributed by atoms with Crippen molar-refractivity contribution in [1.29, 1.82) is 0 Å². The Balaban J connectivity index is -0.0000000665. The Hall–Kier alpha value is -4.51. The lowest BCUT2D eigenvalue weighted by Gasteiger charge is -1.81. The van der Waals surface area contributed by atoms with E-state index in [4.69, 9.17) is 0 Å². The van der Waals surface area contributed by atoms with Gasteiger partial charge in [0.15, 0.2) is 5.82 Å². The highest BCUT2D eigenvalue weighted by atomic mass is 15.6. The zero-order chi connectivity index (χ0) is 27.8. The SMILES string of the molecule is C.C.C.C.C.CC.CC.Cc1nnn(C)n1.Cc1nnnn1C.Cn1ccnn1.Cn1ccnn1.Cn1cnnn1. The van der Waals surface area contributed by atoms with Crippen molar-refractivity contribution in [3.05, 3.63) is 42.8 Å². The summed E-state index contributed by atoms with van der Waals surface area (Å²) in [6.45, 7) is 11.6. The second kappa shape index (κ2) is 35.5. The van der Waals surface area contributed by atoms with Crippen LogP contribution in [0, 0.1) is 13.8 Å². The van der Waals surface area contributed by atoms with Crippen LogP contribution in [0.3, 0.4) is 0 Å². The fourth-order valence-corrected chi connectivity index (χ4v) is 1.39. The molecule has 5 rings (SSSR count). The summed E-state index contributed by atoms with van der Waals surface area (Å²) in [5.41, 5.74) is 0. The highest BCUT2D eigenvalue weighted by molar-refractivity contribution is 4.69. The van der Waals surface area contributed by atoms with Crippen LogP contribution in [0.25, 0.3) is 0 Å². The first-order valence-electron chi connectivity index (χ1n) is 10.9. The summed E-state index contributed by atoms with van der Waals surface area (Å²) in [5, 5.41) is 46.0. The minimum atomic E-state index is 0. The predicted octanol–water partition coefficient (Wildman–Crippen LogP) is 3.11. The monoisotopic (exact) mass is 587 g/mol. The van der Waals surface area contributed by atoms with Gasteiger partial charge in [-0.3, -0.25) is 9.36 Å².